The highest BCUT2D eigenvalue weighted by Gasteiger charge is 2.23. The van der Waals surface area contributed by atoms with Gasteiger partial charge in [0, 0.05) is 33.9 Å². The molecule has 0 N–H and O–H groups in total. The maximum atomic E-state index is 6.55. The van der Waals surface area contributed by atoms with Gasteiger partial charge in [-0.05, 0) is 74.7 Å². The van der Waals surface area contributed by atoms with Crippen LogP contribution in [0, 0.1) is 11.8 Å². The number of para-hydroxylation sites is 1. The Balaban J connectivity index is 1.33. The maximum absolute atomic E-state index is 6.55. The summed E-state index contributed by atoms with van der Waals surface area (Å²) in [6.07, 6.45) is 14.1. The Kier molecular flexibility index (Phi) is 6.32. The molecule has 0 spiro atoms. The first-order chi connectivity index (χ1) is 22.8. The average Bonchev–Trinajstić information content (AvgIpc) is 3.33. The van der Waals surface area contributed by atoms with Crippen LogP contribution in [0.3, 0.4) is 0 Å². The van der Waals surface area contributed by atoms with Gasteiger partial charge in [-0.1, -0.05) is 145 Å². The predicted octanol–water partition coefficient (Wildman–Crippen LogP) is 12.2. The minimum atomic E-state index is 0.731. The van der Waals surface area contributed by atoms with Crippen molar-refractivity contribution in [1.82, 2.24) is 0 Å². The minimum Gasteiger partial charge on any atom is -0.455 e. The molecule has 0 amide bonds. The lowest BCUT2D eigenvalue weighted by Gasteiger charge is -2.22. The molecule has 216 valence electrons. The Hall–Kier alpha value is -5.84. The third-order valence-electron chi connectivity index (χ3n) is 9.40. The SMILES string of the molecule is C1#Cc2c(c(-c3ccc4oc5c(-c6ccccc6)cccc5c4c3)c3ccccc3c2-c2ccccc2C2=CC=CCC2)C=CC1. The molecule has 0 aliphatic heterocycles. The van der Waals surface area contributed by atoms with Gasteiger partial charge >= 0.3 is 0 Å². The summed E-state index contributed by atoms with van der Waals surface area (Å²) in [5.41, 5.74) is 13.9. The first kappa shape index (κ1) is 26.6. The fraction of sp³-hybridized carbons (Fsp3) is 0.0667. The van der Waals surface area contributed by atoms with Gasteiger partial charge in [-0.2, -0.15) is 0 Å². The zero-order valence-electron chi connectivity index (χ0n) is 25.4. The number of allylic oxidation sites excluding steroid dienone is 5. The highest BCUT2D eigenvalue weighted by molar-refractivity contribution is 6.15. The Bertz CT molecular complexity index is 2490. The van der Waals surface area contributed by atoms with Crippen LogP contribution in [-0.4, -0.2) is 0 Å². The van der Waals surface area contributed by atoms with E-state index >= 15 is 0 Å². The maximum Gasteiger partial charge on any atom is 0.143 e. The first-order valence-electron chi connectivity index (χ1n) is 16.1. The molecule has 2 aliphatic rings. The van der Waals surface area contributed by atoms with Gasteiger partial charge in [-0.15, -0.1) is 0 Å². The summed E-state index contributed by atoms with van der Waals surface area (Å²) in [7, 11) is 0. The van der Waals surface area contributed by atoms with Crippen molar-refractivity contribution in [2.45, 2.75) is 19.3 Å². The molecular weight excluding hydrogens is 556 g/mol. The molecule has 1 heteroatoms. The topological polar surface area (TPSA) is 13.1 Å². The molecule has 1 heterocycles. The van der Waals surface area contributed by atoms with E-state index < -0.39 is 0 Å². The van der Waals surface area contributed by atoms with Crippen LogP contribution < -0.4 is 0 Å². The van der Waals surface area contributed by atoms with E-state index in [1.165, 1.54) is 49.7 Å². The summed E-state index contributed by atoms with van der Waals surface area (Å²) in [5, 5.41) is 4.71. The molecule has 1 aromatic heterocycles. The molecule has 0 saturated heterocycles. The van der Waals surface area contributed by atoms with Crippen molar-refractivity contribution < 1.29 is 4.42 Å². The third-order valence-corrected chi connectivity index (χ3v) is 9.40. The van der Waals surface area contributed by atoms with Crippen LogP contribution in [0.15, 0.2) is 144 Å². The van der Waals surface area contributed by atoms with Crippen LogP contribution in [0.25, 0.3) is 77.7 Å². The number of benzene rings is 6. The largest absolute Gasteiger partial charge is 0.455 e. The molecule has 0 fully saturated rings. The van der Waals surface area contributed by atoms with Crippen LogP contribution in [0.2, 0.25) is 0 Å². The van der Waals surface area contributed by atoms with E-state index in [1.807, 2.05) is 0 Å². The Morgan fingerprint density at radius 1 is 0.587 bits per heavy atom. The van der Waals surface area contributed by atoms with Crippen molar-refractivity contribution in [3.8, 4) is 45.2 Å². The zero-order chi connectivity index (χ0) is 30.5. The molecule has 46 heavy (non-hydrogen) atoms. The molecule has 0 atom stereocenters. The van der Waals surface area contributed by atoms with Crippen LogP contribution >= 0.6 is 0 Å². The summed E-state index contributed by atoms with van der Waals surface area (Å²) >= 11 is 0. The summed E-state index contributed by atoms with van der Waals surface area (Å²) in [4.78, 5) is 0. The molecule has 1 nitrogen and oxygen atoms in total. The number of fused-ring (bicyclic) bond motifs is 5. The fourth-order valence-corrected chi connectivity index (χ4v) is 7.33. The van der Waals surface area contributed by atoms with E-state index in [0.29, 0.717) is 0 Å². The molecule has 9 rings (SSSR count). The molecule has 7 aromatic rings. The highest BCUT2D eigenvalue weighted by Crippen LogP contribution is 2.46. The third kappa shape index (κ3) is 4.26. The van der Waals surface area contributed by atoms with Crippen LogP contribution in [-0.2, 0) is 0 Å². The van der Waals surface area contributed by atoms with Gasteiger partial charge in [-0.3, -0.25) is 0 Å². The van der Waals surface area contributed by atoms with Crippen LogP contribution in [0.1, 0.15) is 36.0 Å². The molecule has 2 aliphatic carbocycles. The molecule has 6 aromatic carbocycles. The summed E-state index contributed by atoms with van der Waals surface area (Å²) in [6, 6.07) is 41.4. The zero-order valence-corrected chi connectivity index (χ0v) is 25.4. The second-order valence-corrected chi connectivity index (χ2v) is 12.1. The second kappa shape index (κ2) is 11.0. The van der Waals surface area contributed by atoms with Crippen LogP contribution in [0.4, 0.5) is 0 Å². The minimum absolute atomic E-state index is 0.731. The number of hydrogen-bond donors (Lipinski definition) is 0. The van der Waals surface area contributed by atoms with Gasteiger partial charge < -0.3 is 4.42 Å². The lowest BCUT2D eigenvalue weighted by atomic mass is 9.81. The van der Waals surface area contributed by atoms with Gasteiger partial charge in [0.15, 0.2) is 0 Å². The molecular formula is C45H30O. The summed E-state index contributed by atoms with van der Waals surface area (Å²) < 4.78 is 6.55. The molecule has 0 radical (unpaired) electrons. The van der Waals surface area contributed by atoms with E-state index in [9.17, 15) is 0 Å². The molecule has 0 unspecified atom stereocenters. The van der Waals surface area contributed by atoms with E-state index in [0.717, 1.165) is 57.9 Å². The van der Waals surface area contributed by atoms with Gasteiger partial charge in [0.05, 0.1) is 0 Å². The fourth-order valence-electron chi connectivity index (χ4n) is 7.33. The van der Waals surface area contributed by atoms with E-state index in [1.54, 1.807) is 0 Å². The van der Waals surface area contributed by atoms with E-state index in [4.69, 9.17) is 4.42 Å². The van der Waals surface area contributed by atoms with Crippen molar-refractivity contribution in [2.75, 3.05) is 0 Å². The normalized spacial score (nSPS) is 13.8. The lowest BCUT2D eigenvalue weighted by Crippen LogP contribution is -1.99. The van der Waals surface area contributed by atoms with Crippen molar-refractivity contribution in [1.29, 1.82) is 0 Å². The van der Waals surface area contributed by atoms with Gasteiger partial charge in [0.1, 0.15) is 11.2 Å². The second-order valence-electron chi connectivity index (χ2n) is 12.1. The Morgan fingerprint density at radius 3 is 2.20 bits per heavy atom. The van der Waals surface area contributed by atoms with Gasteiger partial charge in [0.2, 0.25) is 0 Å². The average molecular weight is 587 g/mol. The first-order valence-corrected chi connectivity index (χ1v) is 16.1. The van der Waals surface area contributed by atoms with Gasteiger partial charge in [0.25, 0.3) is 0 Å². The standard InChI is InChI=1S/C45H30O/c1-4-15-30(16-5-1)33-19-10-11-22-35(33)44-38-21-9-3-8-20-36(38)43(37-23-12-13-24-39(37)44)32-27-28-42-41(29-32)40-26-14-25-34(45(40)46-42)31-17-6-2-7-18-31/h1-2,4,6-8,10-15,17-20,22-29H,3,5,16H2. The van der Waals surface area contributed by atoms with Gasteiger partial charge in [-0.25, -0.2) is 0 Å². The Labute approximate surface area is 268 Å². The van der Waals surface area contributed by atoms with E-state index in [2.05, 4.69) is 157 Å². The predicted molar refractivity (Wildman–Crippen MR) is 194 cm³/mol. The smallest absolute Gasteiger partial charge is 0.143 e. The van der Waals surface area contributed by atoms with Crippen molar-refractivity contribution in [3.63, 3.8) is 0 Å². The van der Waals surface area contributed by atoms with E-state index in [-0.39, 0.29) is 0 Å². The van der Waals surface area contributed by atoms with Crippen LogP contribution in [0.5, 0.6) is 0 Å². The molecule has 0 saturated carbocycles. The van der Waals surface area contributed by atoms with Crippen molar-refractivity contribution >= 4 is 44.4 Å². The van der Waals surface area contributed by atoms with Crippen molar-refractivity contribution in [2.24, 2.45) is 0 Å². The summed E-state index contributed by atoms with van der Waals surface area (Å²) in [5.74, 6) is 7.10. The summed E-state index contributed by atoms with van der Waals surface area (Å²) in [6.45, 7) is 0. The van der Waals surface area contributed by atoms with Crippen molar-refractivity contribution in [3.05, 3.63) is 156 Å². The monoisotopic (exact) mass is 586 g/mol. The number of furan rings is 1. The highest BCUT2D eigenvalue weighted by atomic mass is 16.3. The lowest BCUT2D eigenvalue weighted by molar-refractivity contribution is 0.670. The Morgan fingerprint density at radius 2 is 1.35 bits per heavy atom. The quantitative estimate of drug-likeness (QED) is 0.187. The number of rotatable bonds is 4. The molecule has 0 bridgehead atoms. The number of hydrogen-bond acceptors (Lipinski definition) is 1.